The zero-order chi connectivity index (χ0) is 6.98. The van der Waals surface area contributed by atoms with E-state index in [1.807, 2.05) is 0 Å². The first-order valence-corrected chi connectivity index (χ1v) is 6.22. The molecule has 3 nitrogen and oxygen atoms in total. The van der Waals surface area contributed by atoms with Crippen LogP contribution in [-0.2, 0) is 0 Å². The van der Waals surface area contributed by atoms with Crippen LogP contribution in [0.3, 0.4) is 0 Å². The molecule has 0 aromatic rings. The molecule has 9 heavy (non-hydrogen) atoms. The van der Waals surface area contributed by atoms with Gasteiger partial charge in [-0.2, -0.15) is 0 Å². The minimum absolute atomic E-state index is 0.881. The van der Waals surface area contributed by atoms with Crippen LogP contribution in [0.5, 0.6) is 0 Å². The van der Waals surface area contributed by atoms with Gasteiger partial charge in [-0.3, -0.25) is 0 Å². The average Bonchev–Trinajstić information content (AvgIpc) is 1.62. The Bertz CT molecular complexity index is 105. The van der Waals surface area contributed by atoms with Gasteiger partial charge in [0.2, 0.25) is 0 Å². The Balaban J connectivity index is 2.58. The summed E-state index contributed by atoms with van der Waals surface area (Å²) in [4.78, 5) is 0. The second-order valence-corrected chi connectivity index (χ2v) is 7.70. The zero-order valence-electron chi connectivity index (χ0n) is 5.71. The summed E-state index contributed by atoms with van der Waals surface area (Å²) >= 11 is 0. The summed E-state index contributed by atoms with van der Waals surface area (Å²) in [6, 6.07) is 0. The van der Waals surface area contributed by atoms with E-state index in [1.54, 1.807) is 0 Å². The van der Waals surface area contributed by atoms with Crippen molar-refractivity contribution < 1.29 is 0 Å². The van der Waals surface area contributed by atoms with Crippen molar-refractivity contribution in [3.8, 4) is 0 Å². The molecule has 0 aromatic carbocycles. The van der Waals surface area contributed by atoms with Crippen molar-refractivity contribution in [1.29, 1.82) is 0 Å². The van der Waals surface area contributed by atoms with Crippen LogP contribution in [0, 0.1) is 0 Å². The molecule has 0 amide bonds. The number of hydrogen-bond acceptors (Lipinski definition) is 3. The van der Waals surface area contributed by atoms with Crippen molar-refractivity contribution in [2.45, 2.75) is 19.3 Å². The van der Waals surface area contributed by atoms with Crippen LogP contribution >= 0.6 is 7.06 Å². The molecule has 1 heterocycles. The van der Waals surface area contributed by atoms with Gasteiger partial charge in [0.1, 0.15) is 0 Å². The first-order valence-electron chi connectivity index (χ1n) is 3.41. The van der Waals surface area contributed by atoms with Crippen LogP contribution in [-0.4, -0.2) is 12.3 Å². The summed E-state index contributed by atoms with van der Waals surface area (Å²) in [6.45, 7) is 0. The van der Waals surface area contributed by atoms with E-state index in [2.05, 4.69) is 0 Å². The molecule has 6 N–H and O–H groups in total. The fraction of sp³-hybridized carbons (Fsp3) is 1.00. The van der Waals surface area contributed by atoms with Crippen molar-refractivity contribution in [1.82, 2.24) is 0 Å². The summed E-state index contributed by atoms with van der Waals surface area (Å²) in [5.74, 6) is 0. The van der Waals surface area contributed by atoms with E-state index in [9.17, 15) is 0 Å². The molecule has 0 spiro atoms. The van der Waals surface area contributed by atoms with Crippen molar-refractivity contribution in [2.24, 2.45) is 16.5 Å². The zero-order valence-corrected chi connectivity index (χ0v) is 6.61. The third-order valence-electron chi connectivity index (χ3n) is 1.91. The standard InChI is InChI=1S/C5H16N3P/c6-9(7,8)4-2-1-3-5-9/h1-8H2. The Kier molecular flexibility index (Phi) is 1.56. The van der Waals surface area contributed by atoms with Crippen molar-refractivity contribution in [2.75, 3.05) is 12.3 Å². The predicted molar refractivity (Wildman–Crippen MR) is 43.1 cm³/mol. The number of hydrogen-bond donors (Lipinski definition) is 3. The van der Waals surface area contributed by atoms with Gasteiger partial charge in [0.05, 0.1) is 0 Å². The van der Waals surface area contributed by atoms with Crippen LogP contribution < -0.4 is 16.5 Å². The molecule has 56 valence electrons. The minimum atomic E-state index is -2.54. The monoisotopic (exact) mass is 149 g/mol. The summed E-state index contributed by atoms with van der Waals surface area (Å²) in [5.41, 5.74) is 17.4. The van der Waals surface area contributed by atoms with Crippen LogP contribution in [0.2, 0.25) is 0 Å². The molecule has 0 aromatic heterocycles. The van der Waals surface area contributed by atoms with Gasteiger partial charge in [-0.1, -0.05) is 0 Å². The van der Waals surface area contributed by atoms with Gasteiger partial charge >= 0.3 is 55.2 Å². The Labute approximate surface area is 56.1 Å². The van der Waals surface area contributed by atoms with E-state index < -0.39 is 7.06 Å². The third-order valence-corrected chi connectivity index (χ3v) is 4.72. The molecular weight excluding hydrogens is 133 g/mol. The molecule has 0 aliphatic carbocycles. The van der Waals surface area contributed by atoms with Crippen molar-refractivity contribution in [3.63, 3.8) is 0 Å². The fourth-order valence-electron chi connectivity index (χ4n) is 1.28. The maximum absolute atomic E-state index is 5.81. The van der Waals surface area contributed by atoms with E-state index in [1.165, 1.54) is 6.42 Å². The molecule has 0 saturated carbocycles. The van der Waals surface area contributed by atoms with E-state index >= 15 is 0 Å². The second-order valence-electron chi connectivity index (χ2n) is 3.27. The Hall–Kier alpha value is 0.310. The van der Waals surface area contributed by atoms with Crippen LogP contribution in [0.1, 0.15) is 19.3 Å². The number of rotatable bonds is 0. The van der Waals surface area contributed by atoms with Crippen LogP contribution in [0.25, 0.3) is 0 Å². The quantitative estimate of drug-likeness (QED) is 0.435. The molecule has 1 rings (SSSR count). The van der Waals surface area contributed by atoms with Gasteiger partial charge in [-0.15, -0.1) is 0 Å². The molecule has 1 fully saturated rings. The Morgan fingerprint density at radius 1 is 0.778 bits per heavy atom. The van der Waals surface area contributed by atoms with E-state index in [0.29, 0.717) is 0 Å². The maximum atomic E-state index is 5.81. The van der Waals surface area contributed by atoms with E-state index in [-0.39, 0.29) is 0 Å². The first kappa shape index (κ1) is 7.42. The van der Waals surface area contributed by atoms with Crippen molar-refractivity contribution in [3.05, 3.63) is 0 Å². The molecule has 1 aliphatic heterocycles. The van der Waals surface area contributed by atoms with E-state index in [0.717, 1.165) is 25.2 Å². The van der Waals surface area contributed by atoms with Gasteiger partial charge in [-0.05, 0) is 0 Å². The van der Waals surface area contributed by atoms with Crippen LogP contribution in [0.15, 0.2) is 0 Å². The first-order chi connectivity index (χ1) is 3.97. The summed E-state index contributed by atoms with van der Waals surface area (Å²) < 4.78 is 0. The average molecular weight is 149 g/mol. The second kappa shape index (κ2) is 1.89. The normalized spacial score (nSPS) is 36.6. The third kappa shape index (κ3) is 2.18. The Morgan fingerprint density at radius 3 is 1.44 bits per heavy atom. The summed E-state index contributed by atoms with van der Waals surface area (Å²) in [5, 5.41) is 0. The predicted octanol–water partition coefficient (Wildman–Crippen LogP) is 0.345. The van der Waals surface area contributed by atoms with E-state index in [4.69, 9.17) is 16.5 Å². The molecule has 0 atom stereocenters. The summed E-state index contributed by atoms with van der Waals surface area (Å²) in [7, 11) is -2.54. The topological polar surface area (TPSA) is 78.1 Å². The van der Waals surface area contributed by atoms with Crippen LogP contribution in [0.4, 0.5) is 0 Å². The molecule has 1 saturated heterocycles. The number of nitrogens with two attached hydrogens (primary N) is 3. The molecule has 4 heteroatoms. The van der Waals surface area contributed by atoms with Gasteiger partial charge < -0.3 is 0 Å². The Morgan fingerprint density at radius 2 is 1.22 bits per heavy atom. The molecule has 1 aliphatic rings. The molecular formula is C5H16N3P. The van der Waals surface area contributed by atoms with Gasteiger partial charge in [0, 0.05) is 0 Å². The SMILES string of the molecule is NP1(N)(N)CCCCC1. The summed E-state index contributed by atoms with van der Waals surface area (Å²) in [6.07, 6.45) is 5.27. The van der Waals surface area contributed by atoms with Gasteiger partial charge in [-0.25, -0.2) is 0 Å². The van der Waals surface area contributed by atoms with Gasteiger partial charge in [0.15, 0.2) is 0 Å². The molecule has 0 bridgehead atoms. The fourth-order valence-corrected chi connectivity index (χ4v) is 3.50. The van der Waals surface area contributed by atoms with Gasteiger partial charge in [0.25, 0.3) is 0 Å². The van der Waals surface area contributed by atoms with Crippen molar-refractivity contribution >= 4 is 7.06 Å². The molecule has 0 radical (unpaired) electrons. The molecule has 0 unspecified atom stereocenters.